The maximum Gasteiger partial charge on any atom is 0.0263 e. The van der Waals surface area contributed by atoms with Crippen molar-refractivity contribution in [3.05, 3.63) is 75.0 Å². The molecule has 3 unspecified atom stereocenters. The highest BCUT2D eigenvalue weighted by molar-refractivity contribution is 5.09. The van der Waals surface area contributed by atoms with E-state index in [0.717, 1.165) is 48.8 Å². The monoisotopic (exact) mass is 1050 g/mol. The van der Waals surface area contributed by atoms with Gasteiger partial charge < -0.3 is 11.1 Å². The van der Waals surface area contributed by atoms with Crippen LogP contribution in [-0.4, -0.2) is 12.1 Å². The van der Waals surface area contributed by atoms with Gasteiger partial charge in [0, 0.05) is 24.2 Å². The Kier molecular flexibility index (Phi) is 136. The number of nitrogens with two attached hydrogens (primary N) is 1. The Labute approximate surface area is 478 Å². The summed E-state index contributed by atoms with van der Waals surface area (Å²) in [6.45, 7) is 87.4. The lowest BCUT2D eigenvalue weighted by atomic mass is 9.77. The van der Waals surface area contributed by atoms with Gasteiger partial charge in [0.15, 0.2) is 0 Å². The molecule has 454 valence electrons. The van der Waals surface area contributed by atoms with E-state index in [1.54, 1.807) is 6.08 Å². The third kappa shape index (κ3) is 118. The molecule has 0 spiro atoms. The summed E-state index contributed by atoms with van der Waals surface area (Å²) in [7, 11) is 0. The van der Waals surface area contributed by atoms with Crippen molar-refractivity contribution >= 4 is 0 Å². The zero-order chi connectivity index (χ0) is 62.0. The largest absolute Gasteiger partial charge is 0.386 e. The Morgan fingerprint density at radius 3 is 1.26 bits per heavy atom. The second-order valence-electron chi connectivity index (χ2n) is 19.9. The second-order valence-corrected chi connectivity index (χ2v) is 19.9. The topological polar surface area (TPSA) is 38.0 Å². The van der Waals surface area contributed by atoms with Crippen LogP contribution in [-0.2, 0) is 0 Å². The minimum atomic E-state index is 0.0315. The molecule has 0 aromatic heterocycles. The fourth-order valence-electron chi connectivity index (χ4n) is 5.71. The molecule has 4 atom stereocenters. The van der Waals surface area contributed by atoms with Gasteiger partial charge >= 0.3 is 0 Å². The predicted octanol–water partition coefficient (Wildman–Crippen LogP) is 26.5. The van der Waals surface area contributed by atoms with Crippen molar-refractivity contribution in [2.24, 2.45) is 34.3 Å². The van der Waals surface area contributed by atoms with Gasteiger partial charge in [-0.05, 0) is 87.4 Å². The van der Waals surface area contributed by atoms with Crippen molar-refractivity contribution in [1.82, 2.24) is 5.32 Å². The van der Waals surface area contributed by atoms with Crippen LogP contribution in [0.2, 0.25) is 0 Å². The van der Waals surface area contributed by atoms with Gasteiger partial charge in [-0.1, -0.05) is 320 Å². The summed E-state index contributed by atoms with van der Waals surface area (Å²) in [4.78, 5) is 0. The molecule has 0 radical (unpaired) electrons. The van der Waals surface area contributed by atoms with Gasteiger partial charge in [0.1, 0.15) is 0 Å². The molecule has 0 aliphatic carbocycles. The molecule has 0 amide bonds. The number of rotatable bonds is 28. The summed E-state index contributed by atoms with van der Waals surface area (Å²) in [6, 6.07) is 0.660. The van der Waals surface area contributed by atoms with E-state index >= 15 is 0 Å². The third-order valence-corrected chi connectivity index (χ3v) is 11.5. The molecule has 2 heteroatoms. The summed E-state index contributed by atoms with van der Waals surface area (Å²) < 4.78 is 0. The first-order valence-corrected chi connectivity index (χ1v) is 31.7. The summed E-state index contributed by atoms with van der Waals surface area (Å²) in [5.41, 5.74) is 10.2. The van der Waals surface area contributed by atoms with Crippen molar-refractivity contribution in [3.8, 4) is 12.3 Å². The first kappa shape index (κ1) is 104. The van der Waals surface area contributed by atoms with Gasteiger partial charge in [0.25, 0.3) is 0 Å². The minimum Gasteiger partial charge on any atom is -0.386 e. The predicted molar refractivity (Wildman–Crippen MR) is 364 cm³/mol. The van der Waals surface area contributed by atoms with Crippen LogP contribution in [0.5, 0.6) is 0 Å². The van der Waals surface area contributed by atoms with Crippen LogP contribution < -0.4 is 11.1 Å². The number of hydrogen-bond donors (Lipinski definition) is 2. The summed E-state index contributed by atoms with van der Waals surface area (Å²) in [5, 5.41) is 3.55. The van der Waals surface area contributed by atoms with Crippen molar-refractivity contribution in [2.45, 2.75) is 354 Å². The maximum atomic E-state index is 5.75. The lowest BCUT2D eigenvalue weighted by Crippen LogP contribution is -2.28. The molecular weight excluding hydrogens is 893 g/mol. The zero-order valence-corrected chi connectivity index (χ0v) is 58.2. The van der Waals surface area contributed by atoms with E-state index in [1.807, 2.05) is 89.2 Å². The molecule has 0 aliphatic heterocycles. The standard InChI is InChI=1S/C17H35N.C12H26.C10H15N.C10H20.C5H10.C4H10.6C2H6.C2H4/c1-7-8-9-10-11-12-16(18-15(2)3)13-14-17(4,5)6;1-6-7-8-9-10-12(4,5)11(2)3;1-4-6-8-10(11)9(3)7-5-2;1-6-7-9(4)10(5)8(2)3;1-3-5-4-2;1-3-4-2;7*1-2/h16,18H,2,7-14H2,1,3-6H3;11H,6-10H2,1-5H3;1,5,10H,2-3,6-8,11H2;9-10H,2,6-7H2,1,3-5H3;3H,1,4-5H2,2H3;3-4H2,1-2H3;6*1-2H3;1-2H2/t;;;9-,10?;;;;;;;;;/m...0........./s1. The zero-order valence-electron chi connectivity index (χ0n) is 58.2. The van der Waals surface area contributed by atoms with E-state index in [9.17, 15) is 0 Å². The van der Waals surface area contributed by atoms with E-state index in [1.165, 1.54) is 121 Å². The van der Waals surface area contributed by atoms with Gasteiger partial charge in [-0.2, -0.15) is 0 Å². The first-order valence-electron chi connectivity index (χ1n) is 31.7. The Morgan fingerprint density at radius 1 is 0.554 bits per heavy atom. The lowest BCUT2D eigenvalue weighted by molar-refractivity contribution is 0.221. The molecular formula is C72H156N2. The van der Waals surface area contributed by atoms with Crippen molar-refractivity contribution in [1.29, 1.82) is 0 Å². The highest BCUT2D eigenvalue weighted by Crippen LogP contribution is 2.32. The number of allylic oxidation sites excluding steroid dienone is 4. The summed E-state index contributed by atoms with van der Waals surface area (Å²) in [6.07, 6.45) is 36.5. The fraction of sp³-hybridized carbons (Fsp3) is 0.806. The highest BCUT2D eigenvalue weighted by atomic mass is 14.9. The summed E-state index contributed by atoms with van der Waals surface area (Å²) >= 11 is 0. The van der Waals surface area contributed by atoms with Gasteiger partial charge in [-0.15, -0.1) is 38.7 Å². The molecule has 0 rings (SSSR count). The van der Waals surface area contributed by atoms with Gasteiger partial charge in [-0.25, -0.2) is 0 Å². The van der Waals surface area contributed by atoms with Crippen molar-refractivity contribution < 1.29 is 0 Å². The third-order valence-electron chi connectivity index (χ3n) is 11.5. The molecule has 0 heterocycles. The van der Waals surface area contributed by atoms with E-state index in [4.69, 9.17) is 12.2 Å². The maximum absolute atomic E-state index is 5.75. The normalized spacial score (nSPS) is 10.7. The Hall–Kier alpha value is -2.24. The Morgan fingerprint density at radius 2 is 0.973 bits per heavy atom. The van der Waals surface area contributed by atoms with Gasteiger partial charge in [0.05, 0.1) is 0 Å². The van der Waals surface area contributed by atoms with E-state index in [-0.39, 0.29) is 6.04 Å². The van der Waals surface area contributed by atoms with Crippen LogP contribution in [0.15, 0.2) is 75.0 Å². The van der Waals surface area contributed by atoms with Crippen molar-refractivity contribution in [3.63, 3.8) is 0 Å². The number of unbranched alkanes of at least 4 members (excludes halogenated alkanes) is 9. The van der Waals surface area contributed by atoms with E-state index in [0.29, 0.717) is 22.8 Å². The SMILES string of the molecule is C#CCCC(N)C(=C)CC=C.C=C.C=C(C)C(C)[C@@H](C)CCC.C=C(C)NC(CCCCCCC)CCC(C)(C)C.C=CCCC.CC.CC.CC.CC.CC.CC.CCCC.CCCCCCC(C)(C)C(C)C. The second kappa shape index (κ2) is 96.4. The smallest absolute Gasteiger partial charge is 0.0263 e. The molecule has 0 aliphatic rings. The van der Waals surface area contributed by atoms with Crippen LogP contribution in [0.3, 0.4) is 0 Å². The van der Waals surface area contributed by atoms with E-state index < -0.39 is 0 Å². The van der Waals surface area contributed by atoms with Crippen LogP contribution in [0, 0.1) is 40.9 Å². The number of terminal acetylenes is 1. The minimum absolute atomic E-state index is 0.0315. The Bertz CT molecular complexity index is 997. The highest BCUT2D eigenvalue weighted by Gasteiger charge is 2.21. The molecule has 74 heavy (non-hydrogen) atoms. The molecule has 0 aromatic carbocycles. The number of nitrogens with one attached hydrogen (secondary N) is 1. The molecule has 0 bridgehead atoms. The molecule has 0 fully saturated rings. The number of hydrogen-bond acceptors (Lipinski definition) is 2. The van der Waals surface area contributed by atoms with Gasteiger partial charge in [0.2, 0.25) is 0 Å². The lowest BCUT2D eigenvalue weighted by Gasteiger charge is -2.29. The van der Waals surface area contributed by atoms with E-state index in [2.05, 4.69) is 175 Å². The van der Waals surface area contributed by atoms with Crippen LogP contribution in [0.25, 0.3) is 0 Å². The first-order chi connectivity index (χ1) is 35.0. The molecule has 3 N–H and O–H groups in total. The van der Waals surface area contributed by atoms with Crippen LogP contribution in [0.1, 0.15) is 342 Å². The quantitative estimate of drug-likeness (QED) is 0.0466. The molecule has 2 nitrogen and oxygen atoms in total. The molecule has 0 saturated carbocycles. The molecule has 0 saturated heterocycles. The van der Waals surface area contributed by atoms with Crippen molar-refractivity contribution in [2.75, 3.05) is 0 Å². The molecule has 0 aromatic rings. The summed E-state index contributed by atoms with van der Waals surface area (Å²) in [5.74, 6) is 4.87. The van der Waals surface area contributed by atoms with Crippen LogP contribution >= 0.6 is 0 Å². The van der Waals surface area contributed by atoms with Gasteiger partial charge in [-0.3, -0.25) is 0 Å². The average Bonchev–Trinajstić information content (AvgIpc) is 3.40. The Balaban J connectivity index is -0.0000000543. The fourth-order valence-corrected chi connectivity index (χ4v) is 5.71. The van der Waals surface area contributed by atoms with Crippen LogP contribution in [0.4, 0.5) is 0 Å². The average molecular weight is 1050 g/mol.